The van der Waals surface area contributed by atoms with Gasteiger partial charge in [-0.15, -0.1) is 0 Å². The molecule has 5 heteroatoms. The number of nitrogens with zero attached hydrogens (tertiary/aromatic N) is 5. The van der Waals surface area contributed by atoms with Crippen LogP contribution in [0.5, 0.6) is 0 Å². The fourth-order valence-electron chi connectivity index (χ4n) is 3.24. The molecule has 0 bridgehead atoms. The first-order valence-electron chi connectivity index (χ1n) is 9.41. The second-order valence-corrected chi connectivity index (χ2v) is 6.87. The largest absolute Gasteiger partial charge is 0.334 e. The van der Waals surface area contributed by atoms with E-state index in [1.807, 2.05) is 30.7 Å². The number of imidazole rings is 1. The first-order valence-corrected chi connectivity index (χ1v) is 9.41. The zero-order chi connectivity index (χ0) is 18.5. The van der Waals surface area contributed by atoms with E-state index in [1.54, 1.807) is 0 Å². The van der Waals surface area contributed by atoms with E-state index in [0.717, 1.165) is 48.5 Å². The minimum absolute atomic E-state index is 0.329. The molecule has 1 aliphatic rings. The smallest absolute Gasteiger partial charge is 0.107 e. The lowest BCUT2D eigenvalue weighted by Crippen LogP contribution is -2.05. The normalized spacial score (nSPS) is 15.2. The summed E-state index contributed by atoms with van der Waals surface area (Å²) in [6.45, 7) is 3.00. The molecular formula is C22H23N5. The van der Waals surface area contributed by atoms with Crippen molar-refractivity contribution in [2.45, 2.75) is 32.2 Å². The summed E-state index contributed by atoms with van der Waals surface area (Å²) in [7, 11) is 0. The molecule has 1 atom stereocenters. The van der Waals surface area contributed by atoms with E-state index in [4.69, 9.17) is 0 Å². The standard InChI is InChI=1S/C22H23N5/c1-17(13-18-7-3-2-4-8-18)27-15-22(24-16-27)21-14-19(10-12-23-21)20-9-5-6-11-25-26-20/h2-4,7-10,12,14-17H,5-6,11,13H2,1H3. The molecule has 2 aromatic heterocycles. The van der Waals surface area contributed by atoms with Crippen LogP contribution in [0.2, 0.25) is 0 Å². The van der Waals surface area contributed by atoms with Crippen LogP contribution in [-0.2, 0) is 6.42 Å². The highest BCUT2D eigenvalue weighted by Crippen LogP contribution is 2.24. The molecule has 0 fully saturated rings. The van der Waals surface area contributed by atoms with Crippen molar-refractivity contribution < 1.29 is 0 Å². The topological polar surface area (TPSA) is 55.4 Å². The van der Waals surface area contributed by atoms with Gasteiger partial charge in [-0.25, -0.2) is 4.98 Å². The van der Waals surface area contributed by atoms with Crippen molar-refractivity contribution in [3.8, 4) is 11.4 Å². The number of hydrogen-bond donors (Lipinski definition) is 0. The van der Waals surface area contributed by atoms with Gasteiger partial charge in [0.2, 0.25) is 0 Å². The summed E-state index contributed by atoms with van der Waals surface area (Å²) in [5.41, 5.74) is 5.03. The molecule has 0 radical (unpaired) electrons. The molecule has 3 heterocycles. The fraction of sp³-hybridized carbons (Fsp3) is 0.273. The van der Waals surface area contributed by atoms with Gasteiger partial charge in [0.1, 0.15) is 5.69 Å². The highest BCUT2D eigenvalue weighted by atomic mass is 15.1. The van der Waals surface area contributed by atoms with Crippen LogP contribution < -0.4 is 0 Å². The maximum atomic E-state index is 4.58. The number of allylic oxidation sites excluding steroid dienone is 1. The van der Waals surface area contributed by atoms with E-state index in [1.165, 1.54) is 5.56 Å². The molecule has 27 heavy (non-hydrogen) atoms. The van der Waals surface area contributed by atoms with Crippen LogP contribution in [0.4, 0.5) is 0 Å². The quantitative estimate of drug-likeness (QED) is 0.619. The zero-order valence-corrected chi connectivity index (χ0v) is 15.5. The molecular weight excluding hydrogens is 334 g/mol. The molecule has 1 unspecified atom stereocenters. The third kappa shape index (κ3) is 4.19. The molecule has 0 aliphatic carbocycles. The van der Waals surface area contributed by atoms with Crippen LogP contribution in [-0.4, -0.2) is 21.1 Å². The lowest BCUT2D eigenvalue weighted by atomic mass is 10.1. The second kappa shape index (κ2) is 8.08. The number of aromatic nitrogens is 3. The van der Waals surface area contributed by atoms with E-state index < -0.39 is 0 Å². The summed E-state index contributed by atoms with van der Waals surface area (Å²) in [5.74, 6) is 0. The van der Waals surface area contributed by atoms with Crippen molar-refractivity contribution in [2.24, 2.45) is 10.2 Å². The zero-order valence-electron chi connectivity index (χ0n) is 15.5. The Balaban J connectivity index is 1.54. The van der Waals surface area contributed by atoms with Gasteiger partial charge < -0.3 is 4.57 Å². The number of pyridine rings is 1. The first kappa shape index (κ1) is 17.3. The molecule has 136 valence electrons. The summed E-state index contributed by atoms with van der Waals surface area (Å²) >= 11 is 0. The number of azo groups is 1. The maximum absolute atomic E-state index is 4.58. The SMILES string of the molecule is CC(Cc1ccccc1)n1cnc(-c2cc(C3=CCCCN=N3)ccn2)c1. The van der Waals surface area contributed by atoms with Crippen LogP contribution in [0.1, 0.15) is 36.9 Å². The Morgan fingerprint density at radius 1 is 1.07 bits per heavy atom. The summed E-state index contributed by atoms with van der Waals surface area (Å²) in [6.07, 6.45) is 11.0. The average molecular weight is 357 g/mol. The fourth-order valence-corrected chi connectivity index (χ4v) is 3.24. The molecule has 3 aromatic rings. The van der Waals surface area contributed by atoms with Crippen molar-refractivity contribution in [3.63, 3.8) is 0 Å². The van der Waals surface area contributed by atoms with Crippen molar-refractivity contribution in [3.05, 3.63) is 78.4 Å². The van der Waals surface area contributed by atoms with Gasteiger partial charge in [-0.05, 0) is 43.9 Å². The Kier molecular flexibility index (Phi) is 5.19. The van der Waals surface area contributed by atoms with E-state index in [0.29, 0.717) is 6.04 Å². The van der Waals surface area contributed by atoms with Crippen molar-refractivity contribution in [1.82, 2.24) is 14.5 Å². The first-order chi connectivity index (χ1) is 13.3. The third-order valence-electron chi connectivity index (χ3n) is 4.78. The number of rotatable bonds is 5. The lowest BCUT2D eigenvalue weighted by molar-refractivity contribution is 0.544. The van der Waals surface area contributed by atoms with Crippen LogP contribution in [0.3, 0.4) is 0 Å². The minimum atomic E-state index is 0.329. The Morgan fingerprint density at radius 3 is 2.85 bits per heavy atom. The van der Waals surface area contributed by atoms with Crippen LogP contribution in [0.25, 0.3) is 17.1 Å². The van der Waals surface area contributed by atoms with Gasteiger partial charge in [0.25, 0.3) is 0 Å². The predicted octanol–water partition coefficient (Wildman–Crippen LogP) is 5.34. The van der Waals surface area contributed by atoms with E-state index in [2.05, 4.69) is 68.2 Å². The van der Waals surface area contributed by atoms with Gasteiger partial charge in [0, 0.05) is 24.0 Å². The van der Waals surface area contributed by atoms with Gasteiger partial charge in [-0.2, -0.15) is 10.2 Å². The van der Waals surface area contributed by atoms with Crippen molar-refractivity contribution >= 4 is 5.70 Å². The highest BCUT2D eigenvalue weighted by molar-refractivity contribution is 5.68. The van der Waals surface area contributed by atoms with Crippen LogP contribution >= 0.6 is 0 Å². The average Bonchev–Trinajstić information content (AvgIpc) is 3.05. The number of benzene rings is 1. The van der Waals surface area contributed by atoms with Crippen LogP contribution in [0, 0.1) is 0 Å². The molecule has 0 amide bonds. The highest BCUT2D eigenvalue weighted by Gasteiger charge is 2.11. The minimum Gasteiger partial charge on any atom is -0.334 e. The Labute approximate surface area is 159 Å². The third-order valence-corrected chi connectivity index (χ3v) is 4.78. The van der Waals surface area contributed by atoms with Gasteiger partial charge in [-0.3, -0.25) is 4.98 Å². The molecule has 1 aliphatic heterocycles. The van der Waals surface area contributed by atoms with E-state index in [-0.39, 0.29) is 0 Å². The molecule has 4 rings (SSSR count). The molecule has 5 nitrogen and oxygen atoms in total. The predicted molar refractivity (Wildman–Crippen MR) is 107 cm³/mol. The summed E-state index contributed by atoms with van der Waals surface area (Å²) in [4.78, 5) is 9.09. The monoisotopic (exact) mass is 357 g/mol. The Bertz CT molecular complexity index is 956. The summed E-state index contributed by atoms with van der Waals surface area (Å²) in [6, 6.07) is 14.9. The molecule has 0 saturated heterocycles. The van der Waals surface area contributed by atoms with Crippen molar-refractivity contribution in [1.29, 1.82) is 0 Å². The summed E-state index contributed by atoms with van der Waals surface area (Å²) in [5, 5.41) is 8.56. The lowest BCUT2D eigenvalue weighted by Gasteiger charge is -2.12. The molecule has 0 N–H and O–H groups in total. The Morgan fingerprint density at radius 2 is 1.96 bits per heavy atom. The van der Waals surface area contributed by atoms with E-state index in [9.17, 15) is 0 Å². The van der Waals surface area contributed by atoms with Crippen LogP contribution in [0.15, 0.2) is 77.5 Å². The van der Waals surface area contributed by atoms with Crippen molar-refractivity contribution in [2.75, 3.05) is 6.54 Å². The maximum Gasteiger partial charge on any atom is 0.107 e. The second-order valence-electron chi connectivity index (χ2n) is 6.87. The summed E-state index contributed by atoms with van der Waals surface area (Å²) < 4.78 is 2.15. The van der Waals surface area contributed by atoms with Gasteiger partial charge in [0.15, 0.2) is 0 Å². The molecule has 1 aromatic carbocycles. The van der Waals surface area contributed by atoms with E-state index >= 15 is 0 Å². The van der Waals surface area contributed by atoms with Gasteiger partial charge in [0.05, 0.1) is 24.3 Å². The number of hydrogen-bond acceptors (Lipinski definition) is 4. The van der Waals surface area contributed by atoms with Gasteiger partial charge in [-0.1, -0.05) is 36.4 Å². The molecule has 0 spiro atoms. The Hall–Kier alpha value is -3.08. The molecule has 0 saturated carbocycles. The van der Waals surface area contributed by atoms with Gasteiger partial charge >= 0.3 is 0 Å².